The zero-order chi connectivity index (χ0) is 5.70. The highest BCUT2D eigenvalue weighted by atomic mass is 35.5. The van der Waals surface area contributed by atoms with Gasteiger partial charge in [-0.2, -0.15) is 0 Å². The summed E-state index contributed by atoms with van der Waals surface area (Å²) in [6.45, 7) is 3.88. The molecule has 0 aliphatic carbocycles. The van der Waals surface area contributed by atoms with Crippen molar-refractivity contribution in [3.63, 3.8) is 0 Å². The minimum atomic E-state index is 0.231. The highest BCUT2D eigenvalue weighted by molar-refractivity contribution is 6.25. The van der Waals surface area contributed by atoms with Crippen LogP contribution in [0.2, 0.25) is 0 Å². The van der Waals surface area contributed by atoms with Gasteiger partial charge >= 0.3 is 0 Å². The molecule has 0 aromatic rings. The van der Waals surface area contributed by atoms with Crippen LogP contribution >= 0.6 is 11.6 Å². The molecule has 0 amide bonds. The molecule has 0 rings (SSSR count). The van der Waals surface area contributed by atoms with Gasteiger partial charge in [0.05, 0.1) is 12.4 Å². The number of hydrogen-bond donors (Lipinski definition) is 0. The van der Waals surface area contributed by atoms with Crippen LogP contribution in [0.15, 0.2) is 11.8 Å². The maximum Gasteiger partial charge on any atom is 0.0945 e. The van der Waals surface area contributed by atoms with Crippen molar-refractivity contribution in [3.8, 4) is 0 Å². The lowest BCUT2D eigenvalue weighted by Crippen LogP contribution is -1.93. The number of halogens is 1. The summed E-state index contributed by atoms with van der Waals surface area (Å²) in [6.07, 6.45) is 1.70. The summed E-state index contributed by atoms with van der Waals surface area (Å²) >= 11 is 5.14. The minimum Gasteiger partial charge on any atom is -0.498 e. The summed E-state index contributed by atoms with van der Waals surface area (Å²) in [5, 5.41) is 0. The third-order valence-corrected chi connectivity index (χ3v) is 0.505. The van der Waals surface area contributed by atoms with Crippen LogP contribution in [0, 0.1) is 0 Å². The molecule has 0 saturated carbocycles. The first-order valence-electron chi connectivity index (χ1n) is 2.18. The summed E-state index contributed by atoms with van der Waals surface area (Å²) in [4.78, 5) is 0. The van der Waals surface area contributed by atoms with Crippen molar-refractivity contribution in [1.82, 2.24) is 0 Å². The van der Waals surface area contributed by atoms with Crippen LogP contribution in [-0.4, -0.2) is 6.10 Å². The van der Waals surface area contributed by atoms with E-state index in [1.807, 2.05) is 13.8 Å². The minimum absolute atomic E-state index is 0.231. The van der Waals surface area contributed by atoms with E-state index in [2.05, 4.69) is 0 Å². The molecular formula is C5H9ClO. The molecule has 0 aromatic carbocycles. The largest absolute Gasteiger partial charge is 0.498 e. The fourth-order valence-electron chi connectivity index (χ4n) is 0.187. The smallest absolute Gasteiger partial charge is 0.0945 e. The van der Waals surface area contributed by atoms with Gasteiger partial charge in [0, 0.05) is 5.54 Å². The second-order valence-corrected chi connectivity index (χ2v) is 1.70. The molecule has 0 atom stereocenters. The summed E-state index contributed by atoms with van der Waals surface area (Å²) in [5.74, 6) is 0. The molecular weight excluding hydrogens is 112 g/mol. The SMILES string of the molecule is CC(C)O/C=C\Cl. The Morgan fingerprint density at radius 3 is 2.29 bits per heavy atom. The molecule has 0 N–H and O–H groups in total. The molecule has 0 unspecified atom stereocenters. The molecule has 0 saturated heterocycles. The Bertz CT molecular complexity index is 59.1. The molecule has 0 fully saturated rings. The van der Waals surface area contributed by atoms with Crippen molar-refractivity contribution in [2.45, 2.75) is 20.0 Å². The topological polar surface area (TPSA) is 9.23 Å². The molecule has 0 aromatic heterocycles. The molecule has 2 heteroatoms. The second kappa shape index (κ2) is 4.00. The molecule has 7 heavy (non-hydrogen) atoms. The van der Waals surface area contributed by atoms with E-state index in [0.717, 1.165) is 0 Å². The van der Waals surface area contributed by atoms with E-state index in [0.29, 0.717) is 0 Å². The van der Waals surface area contributed by atoms with Crippen LogP contribution in [0.3, 0.4) is 0 Å². The van der Waals surface area contributed by atoms with Crippen molar-refractivity contribution in [3.05, 3.63) is 11.8 Å². The van der Waals surface area contributed by atoms with Crippen molar-refractivity contribution in [2.24, 2.45) is 0 Å². The normalized spacial score (nSPS) is 10.9. The standard InChI is InChI=1S/C5H9ClO/c1-5(2)7-4-3-6/h3-5H,1-2H3/b4-3-. The number of rotatable bonds is 2. The number of hydrogen-bond acceptors (Lipinski definition) is 1. The lowest BCUT2D eigenvalue weighted by molar-refractivity contribution is 0.180. The van der Waals surface area contributed by atoms with Crippen LogP contribution < -0.4 is 0 Å². The highest BCUT2D eigenvalue weighted by Crippen LogP contribution is 1.88. The Morgan fingerprint density at radius 2 is 2.14 bits per heavy atom. The molecule has 42 valence electrons. The van der Waals surface area contributed by atoms with E-state index in [1.54, 1.807) is 0 Å². The predicted octanol–water partition coefficient (Wildman–Crippen LogP) is 2.12. The fourth-order valence-corrected chi connectivity index (χ4v) is 0.246. The first-order valence-corrected chi connectivity index (χ1v) is 2.61. The van der Waals surface area contributed by atoms with Crippen molar-refractivity contribution in [2.75, 3.05) is 0 Å². The third-order valence-electron chi connectivity index (χ3n) is 0.402. The summed E-state index contributed by atoms with van der Waals surface area (Å²) < 4.78 is 4.88. The van der Waals surface area contributed by atoms with Gasteiger partial charge in [0.15, 0.2) is 0 Å². The lowest BCUT2D eigenvalue weighted by atomic mass is 10.5. The zero-order valence-corrected chi connectivity index (χ0v) is 5.27. The van der Waals surface area contributed by atoms with Crippen LogP contribution in [0.25, 0.3) is 0 Å². The maximum absolute atomic E-state index is 5.14. The zero-order valence-electron chi connectivity index (χ0n) is 4.52. The van der Waals surface area contributed by atoms with Gasteiger partial charge in [-0.15, -0.1) is 0 Å². The van der Waals surface area contributed by atoms with E-state index >= 15 is 0 Å². The molecule has 0 radical (unpaired) electrons. The summed E-state index contributed by atoms with van der Waals surface area (Å²) in [5.41, 5.74) is 1.35. The van der Waals surface area contributed by atoms with Crippen molar-refractivity contribution < 1.29 is 4.74 Å². The second-order valence-electron chi connectivity index (χ2n) is 1.45. The average molecular weight is 121 g/mol. The molecule has 0 bridgehead atoms. The Kier molecular flexibility index (Phi) is 3.90. The third kappa shape index (κ3) is 5.83. The Labute approximate surface area is 48.9 Å². The molecule has 1 nitrogen and oxygen atoms in total. The monoisotopic (exact) mass is 120 g/mol. The average Bonchev–Trinajstić information content (AvgIpc) is 1.61. The van der Waals surface area contributed by atoms with Gasteiger partial charge in [-0.25, -0.2) is 0 Å². The highest BCUT2D eigenvalue weighted by Gasteiger charge is 1.82. The van der Waals surface area contributed by atoms with Crippen molar-refractivity contribution >= 4 is 11.6 Å². The molecule has 0 aliphatic rings. The lowest BCUT2D eigenvalue weighted by Gasteiger charge is -2.00. The van der Waals surface area contributed by atoms with E-state index < -0.39 is 0 Å². The van der Waals surface area contributed by atoms with Gasteiger partial charge in [-0.3, -0.25) is 0 Å². The van der Waals surface area contributed by atoms with Gasteiger partial charge in [0.1, 0.15) is 0 Å². The Hall–Kier alpha value is -0.170. The molecule has 0 spiro atoms. The van der Waals surface area contributed by atoms with Gasteiger partial charge in [0.2, 0.25) is 0 Å². The summed E-state index contributed by atoms with van der Waals surface area (Å²) in [7, 11) is 0. The Morgan fingerprint density at radius 1 is 1.57 bits per heavy atom. The van der Waals surface area contributed by atoms with Crippen molar-refractivity contribution in [1.29, 1.82) is 0 Å². The molecule has 0 heterocycles. The van der Waals surface area contributed by atoms with Crippen LogP contribution in [0.4, 0.5) is 0 Å². The van der Waals surface area contributed by atoms with E-state index in [-0.39, 0.29) is 6.10 Å². The van der Waals surface area contributed by atoms with E-state index in [1.165, 1.54) is 11.8 Å². The van der Waals surface area contributed by atoms with Gasteiger partial charge in [0.25, 0.3) is 0 Å². The van der Waals surface area contributed by atoms with Crippen LogP contribution in [-0.2, 0) is 4.74 Å². The first-order chi connectivity index (χ1) is 3.27. The van der Waals surface area contributed by atoms with E-state index in [4.69, 9.17) is 16.3 Å². The van der Waals surface area contributed by atoms with Gasteiger partial charge < -0.3 is 4.74 Å². The summed E-state index contributed by atoms with van der Waals surface area (Å²) in [6, 6.07) is 0. The van der Waals surface area contributed by atoms with E-state index in [9.17, 15) is 0 Å². The predicted molar refractivity (Wildman–Crippen MR) is 31.2 cm³/mol. The fraction of sp³-hybridized carbons (Fsp3) is 0.600. The van der Waals surface area contributed by atoms with Crippen LogP contribution in [0.1, 0.15) is 13.8 Å². The van der Waals surface area contributed by atoms with Gasteiger partial charge in [-0.1, -0.05) is 11.6 Å². The first kappa shape index (κ1) is 6.83. The quantitative estimate of drug-likeness (QED) is 0.508. The maximum atomic E-state index is 5.14. The number of ether oxygens (including phenoxy) is 1. The molecule has 0 aliphatic heterocycles. The van der Waals surface area contributed by atoms with Crippen LogP contribution in [0.5, 0.6) is 0 Å². The Balaban J connectivity index is 2.97. The van der Waals surface area contributed by atoms with Gasteiger partial charge in [-0.05, 0) is 13.8 Å².